The third kappa shape index (κ3) is 3.15. The van der Waals surface area contributed by atoms with Gasteiger partial charge in [0.25, 0.3) is 0 Å². The van der Waals surface area contributed by atoms with Gasteiger partial charge >= 0.3 is 0 Å². The van der Waals surface area contributed by atoms with Gasteiger partial charge in [-0.1, -0.05) is 46.0 Å². The van der Waals surface area contributed by atoms with E-state index in [-0.39, 0.29) is 28.1 Å². The van der Waals surface area contributed by atoms with Crippen LogP contribution in [0.5, 0.6) is 0 Å². The van der Waals surface area contributed by atoms with Gasteiger partial charge in [-0.2, -0.15) is 4.68 Å². The van der Waals surface area contributed by atoms with Crippen molar-refractivity contribution in [2.75, 3.05) is 5.32 Å². The maximum atomic E-state index is 13.8. The van der Waals surface area contributed by atoms with E-state index in [4.69, 9.17) is 34.8 Å². The second-order valence-corrected chi connectivity index (χ2v) is 5.83. The van der Waals surface area contributed by atoms with Gasteiger partial charge in [0.1, 0.15) is 11.6 Å². The molecule has 0 spiro atoms. The van der Waals surface area contributed by atoms with Crippen molar-refractivity contribution in [1.29, 1.82) is 0 Å². The fourth-order valence-corrected chi connectivity index (χ4v) is 2.61. The minimum absolute atomic E-state index is 0.0385. The molecule has 2 aromatic carbocycles. The maximum absolute atomic E-state index is 13.8. The van der Waals surface area contributed by atoms with Crippen LogP contribution in [0.25, 0.3) is 5.69 Å². The van der Waals surface area contributed by atoms with Crippen molar-refractivity contribution in [1.82, 2.24) is 20.2 Å². The van der Waals surface area contributed by atoms with Gasteiger partial charge in [-0.05, 0) is 34.7 Å². The molecule has 1 heterocycles. The van der Waals surface area contributed by atoms with Crippen molar-refractivity contribution in [3.63, 3.8) is 0 Å². The average molecular weight is 391 g/mol. The highest BCUT2D eigenvalue weighted by Crippen LogP contribution is 2.29. The lowest BCUT2D eigenvalue weighted by Gasteiger charge is -2.11. The molecular weight excluding hydrogens is 383 g/mol. The molecule has 0 atom stereocenters. The number of benzene rings is 2. The Morgan fingerprint density at radius 3 is 2.54 bits per heavy atom. The summed E-state index contributed by atoms with van der Waals surface area (Å²) in [6.45, 7) is -0.124. The topological polar surface area (TPSA) is 55.6 Å². The first-order chi connectivity index (χ1) is 11.5. The van der Waals surface area contributed by atoms with Crippen LogP contribution in [0.2, 0.25) is 15.1 Å². The zero-order chi connectivity index (χ0) is 17.3. The van der Waals surface area contributed by atoms with E-state index in [0.29, 0.717) is 10.7 Å². The smallest absolute Gasteiger partial charge is 0.248 e. The highest BCUT2D eigenvalue weighted by Gasteiger charge is 2.16. The Kier molecular flexibility index (Phi) is 4.84. The van der Waals surface area contributed by atoms with Gasteiger partial charge in [-0.3, -0.25) is 0 Å². The van der Waals surface area contributed by atoms with Crippen molar-refractivity contribution in [3.05, 3.63) is 62.6 Å². The molecule has 0 aliphatic heterocycles. The molecule has 1 aromatic heterocycles. The summed E-state index contributed by atoms with van der Waals surface area (Å²) in [4.78, 5) is 0. The van der Waals surface area contributed by atoms with E-state index in [1.807, 2.05) is 0 Å². The number of tetrazole rings is 1. The predicted molar refractivity (Wildman–Crippen MR) is 87.9 cm³/mol. The largest absolute Gasteiger partial charge is 0.349 e. The number of aromatic nitrogens is 4. The molecule has 10 heteroatoms. The van der Waals surface area contributed by atoms with Crippen molar-refractivity contribution in [3.8, 4) is 5.69 Å². The molecule has 0 aliphatic rings. The average Bonchev–Trinajstić information content (AvgIpc) is 3.02. The van der Waals surface area contributed by atoms with Crippen molar-refractivity contribution < 1.29 is 8.78 Å². The fraction of sp³-hybridized carbons (Fsp3) is 0.0714. The van der Waals surface area contributed by atoms with Crippen molar-refractivity contribution >= 4 is 40.8 Å². The van der Waals surface area contributed by atoms with E-state index in [1.54, 1.807) is 18.2 Å². The van der Waals surface area contributed by atoms with Gasteiger partial charge < -0.3 is 5.32 Å². The van der Waals surface area contributed by atoms with Crippen LogP contribution in [-0.2, 0) is 6.54 Å². The zero-order valence-electron chi connectivity index (χ0n) is 11.8. The van der Waals surface area contributed by atoms with Crippen LogP contribution in [0.4, 0.5) is 14.7 Å². The van der Waals surface area contributed by atoms with Crippen molar-refractivity contribution in [2.24, 2.45) is 0 Å². The molecule has 1 N–H and O–H groups in total. The number of hydrogen-bond acceptors (Lipinski definition) is 4. The van der Waals surface area contributed by atoms with E-state index < -0.39 is 11.6 Å². The van der Waals surface area contributed by atoms with Gasteiger partial charge in [0.05, 0.1) is 20.8 Å². The van der Waals surface area contributed by atoms with Crippen molar-refractivity contribution in [2.45, 2.75) is 6.54 Å². The number of hydrogen-bond donors (Lipinski definition) is 1. The molecule has 0 saturated carbocycles. The van der Waals surface area contributed by atoms with Crippen LogP contribution in [0, 0.1) is 11.6 Å². The van der Waals surface area contributed by atoms with Gasteiger partial charge in [0.15, 0.2) is 0 Å². The monoisotopic (exact) mass is 389 g/mol. The summed E-state index contributed by atoms with van der Waals surface area (Å²) < 4.78 is 28.6. The molecule has 0 amide bonds. The molecule has 0 fully saturated rings. The number of nitrogens with zero attached hydrogens (tertiary/aromatic N) is 4. The molecule has 0 saturated heterocycles. The standard InChI is InChI=1S/C14H8Cl3F2N5/c15-8-2-1-3-11(13(8)17)24-14(21-22-23-24)20-6-7-9(18)4-5-10(19)12(7)16/h1-5H,6H2,(H,20,21,23). The molecule has 5 nitrogen and oxygen atoms in total. The summed E-state index contributed by atoms with van der Waals surface area (Å²) in [6, 6.07) is 6.91. The first-order valence-electron chi connectivity index (χ1n) is 6.58. The lowest BCUT2D eigenvalue weighted by molar-refractivity contribution is 0.588. The first-order valence-corrected chi connectivity index (χ1v) is 7.71. The number of anilines is 1. The third-order valence-electron chi connectivity index (χ3n) is 3.19. The lowest BCUT2D eigenvalue weighted by Crippen LogP contribution is -2.09. The second kappa shape index (κ2) is 6.88. The molecule has 0 unspecified atom stereocenters. The van der Waals surface area contributed by atoms with Gasteiger partial charge in [0, 0.05) is 12.1 Å². The van der Waals surface area contributed by atoms with Crippen LogP contribution in [0.1, 0.15) is 5.56 Å². The van der Waals surface area contributed by atoms with E-state index in [0.717, 1.165) is 12.1 Å². The number of halogens is 5. The van der Waals surface area contributed by atoms with E-state index in [1.165, 1.54) is 4.68 Å². The highest BCUT2D eigenvalue weighted by atomic mass is 35.5. The van der Waals surface area contributed by atoms with Gasteiger partial charge in [-0.25, -0.2) is 8.78 Å². The third-order valence-corrected chi connectivity index (χ3v) is 4.41. The Morgan fingerprint density at radius 1 is 1.00 bits per heavy atom. The van der Waals surface area contributed by atoms with E-state index >= 15 is 0 Å². The quantitative estimate of drug-likeness (QED) is 0.666. The molecule has 124 valence electrons. The molecule has 0 bridgehead atoms. The van der Waals surface area contributed by atoms with Crippen LogP contribution in [0.3, 0.4) is 0 Å². The second-order valence-electron chi connectivity index (χ2n) is 4.66. The Balaban J connectivity index is 1.90. The Bertz CT molecular complexity index is 900. The molecule has 3 aromatic rings. The summed E-state index contributed by atoms with van der Waals surface area (Å²) in [5.74, 6) is -1.19. The summed E-state index contributed by atoms with van der Waals surface area (Å²) in [5, 5.41) is 14.2. The lowest BCUT2D eigenvalue weighted by atomic mass is 10.2. The summed E-state index contributed by atoms with van der Waals surface area (Å²) >= 11 is 17.9. The molecule has 0 radical (unpaired) electrons. The normalized spacial score (nSPS) is 10.9. The Labute approximate surface area is 150 Å². The minimum Gasteiger partial charge on any atom is -0.349 e. The summed E-state index contributed by atoms with van der Waals surface area (Å²) in [7, 11) is 0. The molecule has 0 aliphatic carbocycles. The molecule has 24 heavy (non-hydrogen) atoms. The fourth-order valence-electron chi connectivity index (χ4n) is 2.01. The maximum Gasteiger partial charge on any atom is 0.248 e. The number of rotatable bonds is 4. The van der Waals surface area contributed by atoms with Crippen LogP contribution < -0.4 is 5.32 Å². The number of nitrogens with one attached hydrogen (secondary N) is 1. The van der Waals surface area contributed by atoms with E-state index in [9.17, 15) is 8.78 Å². The summed E-state index contributed by atoms with van der Waals surface area (Å²) in [6.07, 6.45) is 0. The summed E-state index contributed by atoms with van der Waals surface area (Å²) in [5.41, 5.74) is 0.394. The predicted octanol–water partition coefficient (Wildman–Crippen LogP) is 4.51. The van der Waals surface area contributed by atoms with Gasteiger partial charge in [0.2, 0.25) is 5.95 Å². The van der Waals surface area contributed by atoms with Crippen LogP contribution in [0.15, 0.2) is 30.3 Å². The first kappa shape index (κ1) is 16.9. The highest BCUT2D eigenvalue weighted by molar-refractivity contribution is 6.43. The van der Waals surface area contributed by atoms with Gasteiger partial charge in [-0.15, -0.1) is 0 Å². The molecular formula is C14H8Cl3F2N5. The Hall–Kier alpha value is -1.96. The Morgan fingerprint density at radius 2 is 1.75 bits per heavy atom. The van der Waals surface area contributed by atoms with Crippen LogP contribution >= 0.6 is 34.8 Å². The van der Waals surface area contributed by atoms with E-state index in [2.05, 4.69) is 20.8 Å². The zero-order valence-corrected chi connectivity index (χ0v) is 14.0. The molecule has 3 rings (SSSR count). The van der Waals surface area contributed by atoms with Crippen LogP contribution in [-0.4, -0.2) is 20.2 Å². The SMILES string of the molecule is Fc1ccc(F)c(CNc2nnnn2-c2cccc(Cl)c2Cl)c1Cl. The minimum atomic E-state index is -0.715.